The van der Waals surface area contributed by atoms with E-state index in [0.29, 0.717) is 35.0 Å². The minimum absolute atomic E-state index is 0.0987. The predicted octanol–water partition coefficient (Wildman–Crippen LogP) is 3.55. The number of likely N-dealkylation sites (N-methyl/N-ethyl adjacent to an activating group) is 1. The number of fused-ring (bicyclic) bond motifs is 2. The average molecular weight is 407 g/mol. The molecule has 0 fully saturated rings. The Bertz CT molecular complexity index is 1070. The zero-order valence-electron chi connectivity index (χ0n) is 17.8. The summed E-state index contributed by atoms with van der Waals surface area (Å²) in [5.74, 6) is 0.363. The van der Waals surface area contributed by atoms with Crippen molar-refractivity contribution in [2.24, 2.45) is 0 Å². The van der Waals surface area contributed by atoms with Gasteiger partial charge in [0.1, 0.15) is 5.41 Å². The summed E-state index contributed by atoms with van der Waals surface area (Å²) in [6.07, 6.45) is 3.26. The highest BCUT2D eigenvalue weighted by Gasteiger charge is 2.61. The molecule has 1 spiro atoms. The molecule has 0 saturated heterocycles. The summed E-state index contributed by atoms with van der Waals surface area (Å²) in [4.78, 5) is 28.8. The maximum Gasteiger partial charge on any atom is 0.242 e. The fourth-order valence-electron chi connectivity index (χ4n) is 4.87. The van der Waals surface area contributed by atoms with E-state index in [4.69, 9.17) is 14.2 Å². The number of methoxy groups -OCH3 is 3. The Morgan fingerprint density at radius 3 is 2.33 bits per heavy atom. The van der Waals surface area contributed by atoms with Crippen molar-refractivity contribution < 1.29 is 23.8 Å². The quantitative estimate of drug-likeness (QED) is 0.759. The molecule has 2 atom stereocenters. The lowest BCUT2D eigenvalue weighted by molar-refractivity contribution is -0.125. The van der Waals surface area contributed by atoms with Crippen LogP contribution in [0.5, 0.6) is 17.2 Å². The first-order valence-electron chi connectivity index (χ1n) is 9.90. The molecule has 0 N–H and O–H groups in total. The van der Waals surface area contributed by atoms with Gasteiger partial charge in [-0.25, -0.2) is 0 Å². The molecule has 0 saturated carbocycles. The first-order chi connectivity index (χ1) is 14.5. The van der Waals surface area contributed by atoms with Crippen LogP contribution >= 0.6 is 0 Å². The van der Waals surface area contributed by atoms with Gasteiger partial charge in [-0.3, -0.25) is 9.59 Å². The normalized spacial score (nSPS) is 22.0. The van der Waals surface area contributed by atoms with Crippen LogP contribution < -0.4 is 19.1 Å². The Labute approximate surface area is 176 Å². The highest BCUT2D eigenvalue weighted by molar-refractivity contribution is 6.19. The van der Waals surface area contributed by atoms with Crippen LogP contribution in [0.4, 0.5) is 5.69 Å². The lowest BCUT2D eigenvalue weighted by Crippen LogP contribution is -2.43. The van der Waals surface area contributed by atoms with Crippen LogP contribution in [0.25, 0.3) is 0 Å². The Kier molecular flexibility index (Phi) is 4.80. The third-order valence-corrected chi connectivity index (χ3v) is 6.18. The summed E-state index contributed by atoms with van der Waals surface area (Å²) in [7, 11) is 4.61. The van der Waals surface area contributed by atoms with Crippen LogP contribution in [0.1, 0.15) is 29.5 Å². The first-order valence-corrected chi connectivity index (χ1v) is 9.90. The number of hydrogen-bond acceptors (Lipinski definition) is 5. The van der Waals surface area contributed by atoms with E-state index in [2.05, 4.69) is 0 Å². The zero-order valence-corrected chi connectivity index (χ0v) is 17.8. The Morgan fingerprint density at radius 2 is 1.73 bits per heavy atom. The summed E-state index contributed by atoms with van der Waals surface area (Å²) >= 11 is 0. The minimum atomic E-state index is -1.20. The molecule has 156 valence electrons. The molecule has 4 rings (SSSR count). The fraction of sp³-hybridized carbons (Fsp3) is 0.333. The van der Waals surface area contributed by atoms with Crippen molar-refractivity contribution in [3.05, 3.63) is 59.2 Å². The molecule has 2 aromatic rings. The number of nitrogens with zero attached hydrogens (tertiary/aromatic N) is 1. The van der Waals surface area contributed by atoms with Gasteiger partial charge in [-0.05, 0) is 31.1 Å². The van der Waals surface area contributed by atoms with E-state index in [-0.39, 0.29) is 11.7 Å². The zero-order chi connectivity index (χ0) is 21.6. The largest absolute Gasteiger partial charge is 0.493 e. The van der Waals surface area contributed by atoms with Crippen LogP contribution in [-0.2, 0) is 15.0 Å². The standard InChI is InChI=1S/C24H25NO5/c1-6-25-16-13-18(28-3)21(29-4)22(30-5)20(16)24(23(25)27)12-11-17(26)19(24)15-10-8-7-9-14(15)2/h7-13,19H,6H2,1-5H3/t19-,24+/m0/s1. The summed E-state index contributed by atoms with van der Waals surface area (Å²) < 4.78 is 16.9. The fourth-order valence-corrected chi connectivity index (χ4v) is 4.87. The Balaban J connectivity index is 2.10. The molecule has 0 unspecified atom stereocenters. The van der Waals surface area contributed by atoms with Crippen molar-refractivity contribution in [1.29, 1.82) is 0 Å². The molecule has 6 nitrogen and oxygen atoms in total. The third kappa shape index (κ3) is 2.43. The van der Waals surface area contributed by atoms with Crippen LogP contribution in [0.15, 0.2) is 42.5 Å². The predicted molar refractivity (Wildman–Crippen MR) is 114 cm³/mol. The molecule has 0 bridgehead atoms. The second-order valence-corrected chi connectivity index (χ2v) is 7.48. The lowest BCUT2D eigenvalue weighted by Gasteiger charge is -2.31. The van der Waals surface area contributed by atoms with Gasteiger partial charge in [0.25, 0.3) is 0 Å². The second-order valence-electron chi connectivity index (χ2n) is 7.48. The van der Waals surface area contributed by atoms with Crippen molar-refractivity contribution in [2.45, 2.75) is 25.2 Å². The van der Waals surface area contributed by atoms with E-state index >= 15 is 0 Å². The average Bonchev–Trinajstić information content (AvgIpc) is 3.21. The molecular formula is C24H25NO5. The molecule has 6 heteroatoms. The molecule has 2 aliphatic rings. The van der Waals surface area contributed by atoms with E-state index in [1.807, 2.05) is 38.1 Å². The molecule has 0 aromatic heterocycles. The smallest absolute Gasteiger partial charge is 0.242 e. The van der Waals surface area contributed by atoms with E-state index < -0.39 is 11.3 Å². The molecular weight excluding hydrogens is 382 g/mol. The topological polar surface area (TPSA) is 65.1 Å². The summed E-state index contributed by atoms with van der Waals surface area (Å²) in [6.45, 7) is 4.32. The van der Waals surface area contributed by atoms with Gasteiger partial charge in [0, 0.05) is 18.2 Å². The van der Waals surface area contributed by atoms with E-state index in [9.17, 15) is 9.59 Å². The number of benzene rings is 2. The molecule has 30 heavy (non-hydrogen) atoms. The van der Waals surface area contributed by atoms with Crippen molar-refractivity contribution >= 4 is 17.4 Å². The number of aryl methyl sites for hydroxylation is 1. The number of rotatable bonds is 5. The second kappa shape index (κ2) is 7.20. The van der Waals surface area contributed by atoms with Crippen LogP contribution in [0, 0.1) is 6.92 Å². The monoisotopic (exact) mass is 407 g/mol. The van der Waals surface area contributed by atoms with E-state index in [1.54, 1.807) is 24.2 Å². The van der Waals surface area contributed by atoms with Gasteiger partial charge in [0.2, 0.25) is 11.7 Å². The lowest BCUT2D eigenvalue weighted by atomic mass is 9.69. The van der Waals surface area contributed by atoms with Gasteiger partial charge in [-0.15, -0.1) is 0 Å². The van der Waals surface area contributed by atoms with Crippen molar-refractivity contribution in [3.63, 3.8) is 0 Å². The first kappa shape index (κ1) is 20.0. The van der Waals surface area contributed by atoms with Crippen LogP contribution in [-0.4, -0.2) is 39.6 Å². The van der Waals surface area contributed by atoms with Crippen molar-refractivity contribution in [3.8, 4) is 17.2 Å². The number of carbonyl (C=O) groups is 2. The Morgan fingerprint density at radius 1 is 1.03 bits per heavy atom. The maximum atomic E-state index is 13.9. The summed E-state index contributed by atoms with van der Waals surface area (Å²) in [5.41, 5.74) is 1.92. The van der Waals surface area contributed by atoms with Gasteiger partial charge >= 0.3 is 0 Å². The summed E-state index contributed by atoms with van der Waals surface area (Å²) in [6, 6.07) is 9.49. The maximum absolute atomic E-state index is 13.9. The van der Waals surface area contributed by atoms with E-state index in [1.165, 1.54) is 20.3 Å². The van der Waals surface area contributed by atoms with Gasteiger partial charge in [0.05, 0.1) is 32.9 Å². The number of carbonyl (C=O) groups excluding carboxylic acids is 2. The SMILES string of the molecule is CCN1C(=O)[C@@]2(C=CC(=O)[C@@H]2c2ccccc2C)c2c1cc(OC)c(OC)c2OC. The number of allylic oxidation sites excluding steroid dienone is 1. The number of ether oxygens (including phenoxy) is 3. The molecule has 1 aliphatic heterocycles. The van der Waals surface area contributed by atoms with Gasteiger partial charge in [-0.1, -0.05) is 30.3 Å². The number of ketones is 1. The molecule has 1 aliphatic carbocycles. The number of anilines is 1. The van der Waals surface area contributed by atoms with Crippen molar-refractivity contribution in [1.82, 2.24) is 0 Å². The minimum Gasteiger partial charge on any atom is -0.493 e. The van der Waals surface area contributed by atoms with Gasteiger partial charge < -0.3 is 19.1 Å². The Hall–Kier alpha value is -3.28. The molecule has 2 aromatic carbocycles. The van der Waals surface area contributed by atoms with Crippen LogP contribution in [0.2, 0.25) is 0 Å². The van der Waals surface area contributed by atoms with Crippen LogP contribution in [0.3, 0.4) is 0 Å². The van der Waals surface area contributed by atoms with Gasteiger partial charge in [0.15, 0.2) is 17.3 Å². The number of amides is 1. The third-order valence-electron chi connectivity index (χ3n) is 6.18. The molecule has 0 radical (unpaired) electrons. The molecule has 1 amide bonds. The highest BCUT2D eigenvalue weighted by Crippen LogP contribution is 2.60. The summed E-state index contributed by atoms with van der Waals surface area (Å²) in [5, 5.41) is 0. The number of hydrogen-bond donors (Lipinski definition) is 0. The molecule has 1 heterocycles. The highest BCUT2D eigenvalue weighted by atomic mass is 16.5. The van der Waals surface area contributed by atoms with Crippen molar-refractivity contribution in [2.75, 3.05) is 32.8 Å². The van der Waals surface area contributed by atoms with E-state index in [0.717, 1.165) is 11.1 Å². The van der Waals surface area contributed by atoms with Gasteiger partial charge in [-0.2, -0.15) is 0 Å².